The van der Waals surface area contributed by atoms with Crippen molar-refractivity contribution in [2.45, 2.75) is 46.8 Å². The van der Waals surface area contributed by atoms with E-state index in [2.05, 4.69) is 53.6 Å². The van der Waals surface area contributed by atoms with E-state index in [9.17, 15) is 0 Å². The molecule has 0 aliphatic heterocycles. The van der Waals surface area contributed by atoms with Crippen molar-refractivity contribution < 1.29 is 0 Å². The fraction of sp³-hybridized carbons (Fsp3) is 0.538. The molecule has 0 saturated carbocycles. The Kier molecular flexibility index (Phi) is 3.81. The van der Waals surface area contributed by atoms with Gasteiger partial charge in [-0.3, -0.25) is 9.78 Å². The van der Waals surface area contributed by atoms with Crippen LogP contribution in [0.1, 0.15) is 42.5 Å². The lowest BCUT2D eigenvalue weighted by molar-refractivity contribution is 0.564. The van der Waals surface area contributed by atoms with Crippen molar-refractivity contribution in [3.05, 3.63) is 34.9 Å². The molecule has 5 nitrogen and oxygen atoms in total. The number of H-pyrrole nitrogens is 1. The van der Waals surface area contributed by atoms with Crippen LogP contribution in [0.4, 0.5) is 0 Å². The fourth-order valence-electron chi connectivity index (χ4n) is 2.05. The van der Waals surface area contributed by atoms with Gasteiger partial charge < -0.3 is 5.32 Å². The van der Waals surface area contributed by atoms with Gasteiger partial charge in [-0.05, 0) is 33.8 Å². The first kappa shape index (κ1) is 12.8. The predicted octanol–water partition coefficient (Wildman–Crippen LogP) is 2.09. The van der Waals surface area contributed by atoms with Crippen LogP contribution in [0.15, 0.2) is 12.3 Å². The smallest absolute Gasteiger partial charge is 0.0762 e. The van der Waals surface area contributed by atoms with E-state index in [1.165, 1.54) is 5.56 Å². The van der Waals surface area contributed by atoms with Gasteiger partial charge in [0.15, 0.2) is 0 Å². The number of hydrogen-bond donors (Lipinski definition) is 2. The van der Waals surface area contributed by atoms with Crippen LogP contribution < -0.4 is 5.32 Å². The van der Waals surface area contributed by atoms with E-state index in [-0.39, 0.29) is 6.04 Å². The zero-order valence-electron chi connectivity index (χ0n) is 11.5. The lowest BCUT2D eigenvalue weighted by atomic mass is 10.1. The van der Waals surface area contributed by atoms with Crippen molar-refractivity contribution in [3.8, 4) is 0 Å². The molecule has 0 saturated heterocycles. The topological polar surface area (TPSA) is 58.5 Å². The average Bonchev–Trinajstić information content (AvgIpc) is 2.92. The molecule has 0 aliphatic carbocycles. The second kappa shape index (κ2) is 5.35. The Bertz CT molecular complexity index is 511. The Morgan fingerprint density at radius 1 is 1.44 bits per heavy atom. The third kappa shape index (κ3) is 2.79. The first-order valence-electron chi connectivity index (χ1n) is 6.38. The molecule has 18 heavy (non-hydrogen) atoms. The van der Waals surface area contributed by atoms with Gasteiger partial charge in [0, 0.05) is 36.6 Å². The van der Waals surface area contributed by atoms with Gasteiger partial charge >= 0.3 is 0 Å². The normalized spacial score (nSPS) is 12.9. The van der Waals surface area contributed by atoms with E-state index in [0.717, 1.165) is 30.2 Å². The molecule has 98 valence electrons. The summed E-state index contributed by atoms with van der Waals surface area (Å²) in [6, 6.07) is 2.34. The van der Waals surface area contributed by atoms with Crippen molar-refractivity contribution in [2.75, 3.05) is 0 Å². The lowest BCUT2D eigenvalue weighted by Gasteiger charge is -2.11. The Morgan fingerprint density at radius 2 is 2.22 bits per heavy atom. The number of rotatable bonds is 5. The molecule has 0 amide bonds. The van der Waals surface area contributed by atoms with Gasteiger partial charge in [0.2, 0.25) is 0 Å². The van der Waals surface area contributed by atoms with Crippen LogP contribution in [-0.2, 0) is 13.1 Å². The first-order chi connectivity index (χ1) is 8.60. The van der Waals surface area contributed by atoms with E-state index in [1.54, 1.807) is 0 Å². The van der Waals surface area contributed by atoms with Crippen molar-refractivity contribution in [2.24, 2.45) is 0 Å². The summed E-state index contributed by atoms with van der Waals surface area (Å²) in [4.78, 5) is 0. The van der Waals surface area contributed by atoms with Crippen molar-refractivity contribution in [1.29, 1.82) is 0 Å². The van der Waals surface area contributed by atoms with Crippen molar-refractivity contribution >= 4 is 0 Å². The number of hydrogen-bond acceptors (Lipinski definition) is 3. The number of nitrogens with zero attached hydrogens (tertiary/aromatic N) is 3. The van der Waals surface area contributed by atoms with Gasteiger partial charge in [-0.1, -0.05) is 0 Å². The van der Waals surface area contributed by atoms with Gasteiger partial charge in [-0.2, -0.15) is 10.2 Å². The highest BCUT2D eigenvalue weighted by Crippen LogP contribution is 2.16. The van der Waals surface area contributed by atoms with Crippen LogP contribution >= 0.6 is 0 Å². The van der Waals surface area contributed by atoms with Crippen molar-refractivity contribution in [1.82, 2.24) is 25.3 Å². The Morgan fingerprint density at radius 3 is 2.78 bits per heavy atom. The molecule has 2 aromatic heterocycles. The molecule has 2 rings (SSSR count). The SMILES string of the molecule is CCn1cc(C(C)NCc2cc(C)[nH]n2)c(C)n1. The molecule has 2 N–H and O–H groups in total. The molecule has 2 heterocycles. The van der Waals surface area contributed by atoms with Crippen LogP contribution in [-0.4, -0.2) is 20.0 Å². The molecular formula is C13H21N5. The molecule has 1 atom stereocenters. The summed E-state index contributed by atoms with van der Waals surface area (Å²) < 4.78 is 1.97. The molecule has 0 aromatic carbocycles. The van der Waals surface area contributed by atoms with E-state index in [1.807, 2.05) is 11.6 Å². The standard InChI is InChI=1S/C13H21N5/c1-5-18-8-13(11(4)17-18)10(3)14-7-12-6-9(2)15-16-12/h6,8,10,14H,5,7H2,1-4H3,(H,15,16). The molecule has 5 heteroatoms. The summed E-state index contributed by atoms with van der Waals surface area (Å²) in [5.74, 6) is 0. The highest BCUT2D eigenvalue weighted by molar-refractivity contribution is 5.19. The maximum absolute atomic E-state index is 4.46. The highest BCUT2D eigenvalue weighted by atomic mass is 15.3. The second-order valence-electron chi connectivity index (χ2n) is 4.67. The van der Waals surface area contributed by atoms with Crippen LogP contribution in [0, 0.1) is 13.8 Å². The fourth-order valence-corrected chi connectivity index (χ4v) is 2.05. The Balaban J connectivity index is 1.98. The average molecular weight is 247 g/mol. The summed E-state index contributed by atoms with van der Waals surface area (Å²) in [5.41, 5.74) is 4.48. The summed E-state index contributed by atoms with van der Waals surface area (Å²) >= 11 is 0. The molecule has 0 aliphatic rings. The second-order valence-corrected chi connectivity index (χ2v) is 4.67. The third-order valence-electron chi connectivity index (χ3n) is 3.12. The minimum absolute atomic E-state index is 0.280. The molecule has 0 bridgehead atoms. The van der Waals surface area contributed by atoms with Gasteiger partial charge in [-0.25, -0.2) is 0 Å². The van der Waals surface area contributed by atoms with Gasteiger partial charge in [0.25, 0.3) is 0 Å². The number of aryl methyl sites for hydroxylation is 3. The zero-order valence-corrected chi connectivity index (χ0v) is 11.5. The number of nitrogens with one attached hydrogen (secondary N) is 2. The summed E-state index contributed by atoms with van der Waals surface area (Å²) in [7, 11) is 0. The molecule has 0 radical (unpaired) electrons. The van der Waals surface area contributed by atoms with Crippen LogP contribution in [0.5, 0.6) is 0 Å². The highest BCUT2D eigenvalue weighted by Gasteiger charge is 2.12. The van der Waals surface area contributed by atoms with Crippen LogP contribution in [0.3, 0.4) is 0 Å². The number of aromatic nitrogens is 4. The molecule has 0 spiro atoms. The first-order valence-corrected chi connectivity index (χ1v) is 6.38. The lowest BCUT2D eigenvalue weighted by Crippen LogP contribution is -2.18. The molecule has 1 unspecified atom stereocenters. The largest absolute Gasteiger partial charge is 0.304 e. The quantitative estimate of drug-likeness (QED) is 0.850. The van der Waals surface area contributed by atoms with Crippen LogP contribution in [0.25, 0.3) is 0 Å². The Labute approximate surface area is 108 Å². The van der Waals surface area contributed by atoms with Crippen LogP contribution in [0.2, 0.25) is 0 Å². The minimum atomic E-state index is 0.280. The minimum Gasteiger partial charge on any atom is -0.304 e. The van der Waals surface area contributed by atoms with Gasteiger partial charge in [0.1, 0.15) is 0 Å². The van der Waals surface area contributed by atoms with E-state index >= 15 is 0 Å². The van der Waals surface area contributed by atoms with Crippen molar-refractivity contribution in [3.63, 3.8) is 0 Å². The Hall–Kier alpha value is -1.62. The summed E-state index contributed by atoms with van der Waals surface area (Å²) in [5, 5.41) is 15.1. The summed E-state index contributed by atoms with van der Waals surface area (Å²) in [6.45, 7) is 9.99. The van der Waals surface area contributed by atoms with Gasteiger partial charge in [-0.15, -0.1) is 0 Å². The van der Waals surface area contributed by atoms with E-state index < -0.39 is 0 Å². The molecule has 0 fully saturated rings. The maximum Gasteiger partial charge on any atom is 0.0762 e. The third-order valence-corrected chi connectivity index (χ3v) is 3.12. The summed E-state index contributed by atoms with van der Waals surface area (Å²) in [6.07, 6.45) is 2.11. The van der Waals surface area contributed by atoms with E-state index in [0.29, 0.717) is 0 Å². The molecule has 2 aromatic rings. The monoisotopic (exact) mass is 247 g/mol. The van der Waals surface area contributed by atoms with E-state index in [4.69, 9.17) is 0 Å². The predicted molar refractivity (Wildman–Crippen MR) is 71.2 cm³/mol. The zero-order chi connectivity index (χ0) is 13.1. The van der Waals surface area contributed by atoms with Gasteiger partial charge in [0.05, 0.1) is 11.4 Å². The molecular weight excluding hydrogens is 226 g/mol. The number of aromatic amines is 1. The maximum atomic E-state index is 4.46.